The number of nitrogens with one attached hydrogen (secondary N) is 2. The Morgan fingerprint density at radius 3 is 2.59 bits per heavy atom. The van der Waals surface area contributed by atoms with Gasteiger partial charge in [0, 0.05) is 49.2 Å². The molecule has 0 saturated carbocycles. The van der Waals surface area contributed by atoms with Gasteiger partial charge in [-0.25, -0.2) is 13.7 Å². The van der Waals surface area contributed by atoms with E-state index in [0.717, 1.165) is 43.4 Å². The van der Waals surface area contributed by atoms with E-state index in [0.29, 0.717) is 23.4 Å². The number of amides is 1. The molecule has 1 amide bonds. The molecule has 5 rings (SSSR count). The van der Waals surface area contributed by atoms with Gasteiger partial charge in [-0.05, 0) is 74.5 Å². The number of ketones is 1. The average molecular weight is 502 g/mol. The number of carbonyl (C=O) groups is 2. The highest BCUT2D eigenvalue weighted by Crippen LogP contribution is 2.45. The largest absolute Gasteiger partial charge is 0.347 e. The third-order valence-corrected chi connectivity index (χ3v) is 8.12. The minimum Gasteiger partial charge on any atom is -0.313 e. The predicted octanol–water partition coefficient (Wildman–Crippen LogP) is 4.93. The van der Waals surface area contributed by atoms with Crippen LogP contribution in [0, 0.1) is 5.82 Å². The maximum Gasteiger partial charge on any atom is 0.347 e. The Labute approximate surface area is 217 Å². The van der Waals surface area contributed by atoms with E-state index in [9.17, 15) is 14.0 Å². The molecule has 2 saturated heterocycles. The van der Waals surface area contributed by atoms with Gasteiger partial charge in [0.25, 0.3) is 0 Å². The standard InChI is InChI=1S/C30H34FN4O2/c1-20(32-2)22-7-3-8-23(19-22)30(37)35(27-11-5-16-33-27)18-6-10-26(35)25-9-4-17-34-28(25)29(36)21-12-14-24(31)15-13-21/h3-4,7-9,12-15,17,19-20,26-27,32-33H,5-6,10-11,16,18H2,1-2H3/q+1. The summed E-state index contributed by atoms with van der Waals surface area (Å²) < 4.78 is 13.8. The van der Waals surface area contributed by atoms with Gasteiger partial charge in [-0.15, -0.1) is 0 Å². The van der Waals surface area contributed by atoms with Crippen LogP contribution in [0.2, 0.25) is 0 Å². The van der Waals surface area contributed by atoms with Crippen molar-refractivity contribution < 1.29 is 18.5 Å². The van der Waals surface area contributed by atoms with E-state index in [1.54, 1.807) is 6.20 Å². The lowest BCUT2D eigenvalue weighted by atomic mass is 9.94. The van der Waals surface area contributed by atoms with Gasteiger partial charge in [-0.1, -0.05) is 12.1 Å². The molecule has 7 heteroatoms. The van der Waals surface area contributed by atoms with Gasteiger partial charge in [0.1, 0.15) is 17.6 Å². The zero-order chi connectivity index (χ0) is 26.0. The zero-order valence-electron chi connectivity index (χ0n) is 21.4. The SMILES string of the molecule is CNC(C)c1cccc(C(=O)[N+]2(C3CCCN3)CCCC2c2cccnc2C(=O)c2ccc(F)cc2)c1. The number of hydrogen-bond donors (Lipinski definition) is 2. The molecule has 2 aromatic carbocycles. The van der Waals surface area contributed by atoms with E-state index < -0.39 is 5.82 Å². The van der Waals surface area contributed by atoms with Crippen LogP contribution in [0.1, 0.15) is 82.2 Å². The maximum absolute atomic E-state index is 14.6. The van der Waals surface area contributed by atoms with E-state index >= 15 is 0 Å². The van der Waals surface area contributed by atoms with Crippen LogP contribution in [0.4, 0.5) is 4.39 Å². The third kappa shape index (κ3) is 4.63. The monoisotopic (exact) mass is 501 g/mol. The summed E-state index contributed by atoms with van der Waals surface area (Å²) in [6.07, 6.45) is 5.15. The lowest BCUT2D eigenvalue weighted by Crippen LogP contribution is -2.62. The number of hydrogen-bond acceptors (Lipinski definition) is 5. The molecule has 37 heavy (non-hydrogen) atoms. The average Bonchev–Trinajstić information content (AvgIpc) is 3.63. The molecule has 4 unspecified atom stereocenters. The molecule has 0 bridgehead atoms. The number of nitrogens with zero attached hydrogens (tertiary/aromatic N) is 2. The molecule has 0 aliphatic carbocycles. The van der Waals surface area contributed by atoms with Crippen molar-refractivity contribution in [1.29, 1.82) is 0 Å². The van der Waals surface area contributed by atoms with Crippen LogP contribution in [0.15, 0.2) is 66.9 Å². The first-order valence-electron chi connectivity index (χ1n) is 13.1. The van der Waals surface area contributed by atoms with Crippen LogP contribution in [0.3, 0.4) is 0 Å². The number of aromatic nitrogens is 1. The van der Waals surface area contributed by atoms with Crippen molar-refractivity contribution in [3.05, 3.63) is 101 Å². The number of quaternary nitrogens is 1. The Morgan fingerprint density at radius 2 is 1.86 bits per heavy atom. The molecule has 2 aliphatic heterocycles. The van der Waals surface area contributed by atoms with Gasteiger partial charge in [0.2, 0.25) is 5.78 Å². The molecular weight excluding hydrogens is 467 g/mol. The summed E-state index contributed by atoms with van der Waals surface area (Å²) in [6, 6.07) is 17.2. The van der Waals surface area contributed by atoms with E-state index in [2.05, 4.69) is 22.5 Å². The van der Waals surface area contributed by atoms with Crippen LogP contribution in [0.25, 0.3) is 0 Å². The summed E-state index contributed by atoms with van der Waals surface area (Å²) in [4.78, 5) is 32.6. The molecule has 1 aromatic heterocycles. The molecule has 3 aromatic rings. The summed E-state index contributed by atoms with van der Waals surface area (Å²) in [5, 5.41) is 6.87. The fourth-order valence-corrected chi connectivity index (χ4v) is 6.12. The summed E-state index contributed by atoms with van der Waals surface area (Å²) in [5.74, 6) is -0.564. The fourth-order valence-electron chi connectivity index (χ4n) is 6.12. The number of likely N-dealkylation sites (tertiary alicyclic amines) is 1. The van der Waals surface area contributed by atoms with Crippen LogP contribution in [-0.4, -0.2) is 47.5 Å². The summed E-state index contributed by atoms with van der Waals surface area (Å²) in [5.41, 5.74) is 3.27. The van der Waals surface area contributed by atoms with Crippen molar-refractivity contribution in [3.63, 3.8) is 0 Å². The zero-order valence-corrected chi connectivity index (χ0v) is 21.4. The number of carbonyl (C=O) groups excluding carboxylic acids is 2. The molecule has 192 valence electrons. The molecule has 2 N–H and O–H groups in total. The minimum atomic E-state index is -0.392. The number of rotatable bonds is 7. The summed E-state index contributed by atoms with van der Waals surface area (Å²) in [6.45, 7) is 3.65. The van der Waals surface area contributed by atoms with Crippen molar-refractivity contribution in [2.45, 2.75) is 50.9 Å². The quantitative estimate of drug-likeness (QED) is 0.355. The lowest BCUT2D eigenvalue weighted by molar-refractivity contribution is -0.894. The number of halogens is 1. The molecular formula is C30H34FN4O2+. The molecule has 6 nitrogen and oxygen atoms in total. The molecule has 2 fully saturated rings. The van der Waals surface area contributed by atoms with Crippen LogP contribution < -0.4 is 10.6 Å². The van der Waals surface area contributed by atoms with Crippen LogP contribution in [-0.2, 0) is 0 Å². The second kappa shape index (κ2) is 10.6. The topological polar surface area (TPSA) is 71.1 Å². The van der Waals surface area contributed by atoms with Gasteiger partial charge < -0.3 is 5.32 Å². The highest BCUT2D eigenvalue weighted by atomic mass is 19.1. The second-order valence-electron chi connectivity index (χ2n) is 10.1. The van der Waals surface area contributed by atoms with Gasteiger partial charge in [0.15, 0.2) is 6.17 Å². The first-order chi connectivity index (χ1) is 18.0. The molecule has 0 radical (unpaired) electrons. The second-order valence-corrected chi connectivity index (χ2v) is 10.1. The number of benzene rings is 2. The molecule has 2 aliphatic rings. The van der Waals surface area contributed by atoms with Gasteiger partial charge in [-0.3, -0.25) is 15.1 Å². The molecule has 0 spiro atoms. The van der Waals surface area contributed by atoms with Crippen molar-refractivity contribution in [1.82, 2.24) is 15.6 Å². The highest BCUT2D eigenvalue weighted by Gasteiger charge is 2.55. The van der Waals surface area contributed by atoms with E-state index in [1.165, 1.54) is 24.3 Å². The predicted molar refractivity (Wildman–Crippen MR) is 140 cm³/mol. The van der Waals surface area contributed by atoms with Crippen molar-refractivity contribution in [2.75, 3.05) is 20.1 Å². The normalized spacial score (nSPS) is 24.2. The fraction of sp³-hybridized carbons (Fsp3) is 0.367. The smallest absolute Gasteiger partial charge is 0.313 e. The number of pyridine rings is 1. The van der Waals surface area contributed by atoms with Crippen molar-refractivity contribution >= 4 is 11.7 Å². The molecule has 4 atom stereocenters. The van der Waals surface area contributed by atoms with E-state index in [4.69, 9.17) is 0 Å². The Balaban J connectivity index is 1.60. The summed E-state index contributed by atoms with van der Waals surface area (Å²) >= 11 is 0. The van der Waals surface area contributed by atoms with Crippen molar-refractivity contribution in [3.8, 4) is 0 Å². The van der Waals surface area contributed by atoms with Gasteiger partial charge >= 0.3 is 5.91 Å². The van der Waals surface area contributed by atoms with E-state index in [1.807, 2.05) is 43.4 Å². The first-order valence-corrected chi connectivity index (χ1v) is 13.1. The first kappa shape index (κ1) is 25.4. The Bertz CT molecular complexity index is 1290. The van der Waals surface area contributed by atoms with Crippen LogP contribution in [0.5, 0.6) is 0 Å². The lowest BCUT2D eigenvalue weighted by Gasteiger charge is -2.42. The van der Waals surface area contributed by atoms with Gasteiger partial charge in [-0.2, -0.15) is 0 Å². The highest BCUT2D eigenvalue weighted by molar-refractivity contribution is 6.08. The van der Waals surface area contributed by atoms with Crippen LogP contribution >= 0.6 is 0 Å². The Hall–Kier alpha value is -3.26. The Morgan fingerprint density at radius 1 is 1.05 bits per heavy atom. The van der Waals surface area contributed by atoms with Gasteiger partial charge in [0.05, 0.1) is 12.1 Å². The van der Waals surface area contributed by atoms with Crippen molar-refractivity contribution in [2.24, 2.45) is 0 Å². The minimum absolute atomic E-state index is 0.0284. The third-order valence-electron chi connectivity index (χ3n) is 8.12. The van der Waals surface area contributed by atoms with E-state index in [-0.39, 0.29) is 34.4 Å². The summed E-state index contributed by atoms with van der Waals surface area (Å²) in [7, 11) is 1.91. The Kier molecular flexibility index (Phi) is 7.29. The molecule has 3 heterocycles. The maximum atomic E-state index is 14.6.